The molecule has 0 unspecified atom stereocenters. The quantitative estimate of drug-likeness (QED) is 0.733. The van der Waals surface area contributed by atoms with E-state index in [1.165, 1.54) is 0 Å². The van der Waals surface area contributed by atoms with E-state index in [4.69, 9.17) is 4.74 Å². The van der Waals surface area contributed by atoms with E-state index in [-0.39, 0.29) is 12.1 Å². The SMILES string of the molecule is O=C(N1CCCC1)N1CC[C@H](Oc2ccccc2I)C1. The van der Waals surface area contributed by atoms with Crippen molar-refractivity contribution in [3.05, 3.63) is 27.8 Å². The fourth-order valence-corrected chi connectivity index (χ4v) is 3.34. The van der Waals surface area contributed by atoms with Crippen LogP contribution < -0.4 is 4.74 Å². The molecule has 0 N–H and O–H groups in total. The van der Waals surface area contributed by atoms with Crippen LogP contribution in [0.4, 0.5) is 4.79 Å². The van der Waals surface area contributed by atoms with Crippen LogP contribution in [0.15, 0.2) is 24.3 Å². The molecule has 0 aromatic heterocycles. The minimum absolute atomic E-state index is 0.123. The van der Waals surface area contributed by atoms with Gasteiger partial charge >= 0.3 is 6.03 Å². The Labute approximate surface area is 133 Å². The van der Waals surface area contributed by atoms with Crippen LogP contribution in [0.25, 0.3) is 0 Å². The second-order valence-corrected chi connectivity index (χ2v) is 6.54. The second-order valence-electron chi connectivity index (χ2n) is 5.38. The summed E-state index contributed by atoms with van der Waals surface area (Å²) in [5.41, 5.74) is 0. The molecule has 5 heteroatoms. The van der Waals surface area contributed by atoms with Gasteiger partial charge in [-0.1, -0.05) is 12.1 Å². The number of likely N-dealkylation sites (tertiary alicyclic amines) is 2. The van der Waals surface area contributed by atoms with Crippen LogP contribution >= 0.6 is 22.6 Å². The number of halogens is 1. The van der Waals surface area contributed by atoms with E-state index in [0.29, 0.717) is 6.54 Å². The lowest BCUT2D eigenvalue weighted by atomic mass is 10.3. The van der Waals surface area contributed by atoms with Gasteiger partial charge in [0.05, 0.1) is 10.1 Å². The average molecular weight is 386 g/mol. The Hall–Kier alpha value is -0.980. The Balaban J connectivity index is 1.57. The molecule has 1 aromatic rings. The summed E-state index contributed by atoms with van der Waals surface area (Å²) in [7, 11) is 0. The normalized spacial score (nSPS) is 22.4. The van der Waals surface area contributed by atoms with Crippen LogP contribution in [0, 0.1) is 3.57 Å². The molecule has 2 aliphatic heterocycles. The lowest BCUT2D eigenvalue weighted by molar-refractivity contribution is 0.160. The van der Waals surface area contributed by atoms with Crippen LogP contribution in [0.1, 0.15) is 19.3 Å². The maximum Gasteiger partial charge on any atom is 0.320 e. The van der Waals surface area contributed by atoms with Gasteiger partial charge in [0.1, 0.15) is 11.9 Å². The van der Waals surface area contributed by atoms with Gasteiger partial charge < -0.3 is 14.5 Å². The van der Waals surface area contributed by atoms with E-state index < -0.39 is 0 Å². The topological polar surface area (TPSA) is 32.8 Å². The minimum atomic E-state index is 0.123. The molecule has 1 aromatic carbocycles. The summed E-state index contributed by atoms with van der Waals surface area (Å²) < 4.78 is 7.15. The van der Waals surface area contributed by atoms with Crippen LogP contribution in [-0.2, 0) is 0 Å². The Kier molecular flexibility index (Phi) is 4.33. The van der Waals surface area contributed by atoms with E-state index in [9.17, 15) is 4.79 Å². The highest BCUT2D eigenvalue weighted by Crippen LogP contribution is 2.24. The molecule has 0 radical (unpaired) electrons. The summed E-state index contributed by atoms with van der Waals surface area (Å²) in [5.74, 6) is 0.925. The van der Waals surface area contributed by atoms with E-state index >= 15 is 0 Å². The highest BCUT2D eigenvalue weighted by molar-refractivity contribution is 14.1. The molecular formula is C15H19IN2O2. The van der Waals surface area contributed by atoms with Crippen molar-refractivity contribution in [1.82, 2.24) is 9.80 Å². The third kappa shape index (κ3) is 3.02. The number of hydrogen-bond acceptors (Lipinski definition) is 2. The molecule has 0 bridgehead atoms. The highest BCUT2D eigenvalue weighted by Gasteiger charge is 2.31. The van der Waals surface area contributed by atoms with Gasteiger partial charge in [-0.15, -0.1) is 0 Å². The van der Waals surface area contributed by atoms with Crippen molar-refractivity contribution in [2.24, 2.45) is 0 Å². The molecule has 0 saturated carbocycles. The fourth-order valence-electron chi connectivity index (χ4n) is 2.83. The van der Waals surface area contributed by atoms with Crippen LogP contribution in [0.5, 0.6) is 5.75 Å². The lowest BCUT2D eigenvalue weighted by Gasteiger charge is -2.24. The molecule has 2 aliphatic rings. The van der Waals surface area contributed by atoms with Gasteiger partial charge in [-0.2, -0.15) is 0 Å². The number of ether oxygens (including phenoxy) is 1. The average Bonchev–Trinajstić information content (AvgIpc) is 3.12. The van der Waals surface area contributed by atoms with E-state index in [1.807, 2.05) is 34.1 Å². The van der Waals surface area contributed by atoms with Gasteiger partial charge in [0.2, 0.25) is 0 Å². The fraction of sp³-hybridized carbons (Fsp3) is 0.533. The molecule has 2 amide bonds. The Morgan fingerprint density at radius 2 is 1.90 bits per heavy atom. The van der Waals surface area contributed by atoms with Gasteiger partial charge in [0, 0.05) is 26.1 Å². The van der Waals surface area contributed by atoms with Crippen LogP contribution in [-0.4, -0.2) is 48.1 Å². The van der Waals surface area contributed by atoms with Gasteiger partial charge in [-0.05, 0) is 47.6 Å². The molecule has 1 atom stereocenters. The number of nitrogens with zero attached hydrogens (tertiary/aromatic N) is 2. The predicted molar refractivity (Wildman–Crippen MR) is 86.0 cm³/mol. The van der Waals surface area contributed by atoms with E-state index in [1.54, 1.807) is 0 Å². The first-order valence-electron chi connectivity index (χ1n) is 7.19. The molecule has 2 saturated heterocycles. The molecule has 2 heterocycles. The number of carbonyl (C=O) groups excluding carboxylic acids is 1. The Morgan fingerprint density at radius 3 is 2.65 bits per heavy atom. The summed E-state index contributed by atoms with van der Waals surface area (Å²) in [4.78, 5) is 16.2. The van der Waals surface area contributed by atoms with E-state index in [2.05, 4.69) is 22.6 Å². The first-order valence-corrected chi connectivity index (χ1v) is 8.27. The van der Waals surface area contributed by atoms with E-state index in [0.717, 1.165) is 48.2 Å². The van der Waals surface area contributed by atoms with Crippen LogP contribution in [0.2, 0.25) is 0 Å². The largest absolute Gasteiger partial charge is 0.487 e. The molecule has 20 heavy (non-hydrogen) atoms. The number of amides is 2. The summed E-state index contributed by atoms with van der Waals surface area (Å²) >= 11 is 2.28. The first kappa shape index (κ1) is 14.0. The third-order valence-electron chi connectivity index (χ3n) is 3.92. The molecular weight excluding hydrogens is 367 g/mol. The van der Waals surface area contributed by atoms with Gasteiger partial charge in [-0.3, -0.25) is 0 Å². The Bertz CT molecular complexity index is 489. The number of rotatable bonds is 2. The number of carbonyl (C=O) groups is 1. The maximum atomic E-state index is 12.3. The van der Waals surface area contributed by atoms with Crippen molar-refractivity contribution in [2.75, 3.05) is 26.2 Å². The number of hydrogen-bond donors (Lipinski definition) is 0. The van der Waals surface area contributed by atoms with Crippen molar-refractivity contribution < 1.29 is 9.53 Å². The van der Waals surface area contributed by atoms with Gasteiger partial charge in [0.15, 0.2) is 0 Å². The molecule has 0 aliphatic carbocycles. The number of benzene rings is 1. The van der Waals surface area contributed by atoms with Gasteiger partial charge in [0.25, 0.3) is 0 Å². The van der Waals surface area contributed by atoms with Crippen molar-refractivity contribution >= 4 is 28.6 Å². The maximum absolute atomic E-state index is 12.3. The zero-order valence-electron chi connectivity index (χ0n) is 11.4. The summed E-state index contributed by atoms with van der Waals surface area (Å²) in [6, 6.07) is 8.22. The first-order chi connectivity index (χ1) is 9.74. The number of para-hydroxylation sites is 1. The van der Waals surface area contributed by atoms with Crippen molar-refractivity contribution in [3.63, 3.8) is 0 Å². The zero-order valence-corrected chi connectivity index (χ0v) is 13.6. The van der Waals surface area contributed by atoms with Crippen molar-refractivity contribution in [3.8, 4) is 5.75 Å². The predicted octanol–water partition coefficient (Wildman–Crippen LogP) is 2.96. The van der Waals surface area contributed by atoms with Gasteiger partial charge in [-0.25, -0.2) is 4.79 Å². The second kappa shape index (κ2) is 6.20. The number of urea groups is 1. The summed E-state index contributed by atoms with van der Waals surface area (Å²) in [6.07, 6.45) is 3.33. The standard InChI is InChI=1S/C15H19IN2O2/c16-13-5-1-2-6-14(13)20-12-7-10-18(11-12)15(19)17-8-3-4-9-17/h1-2,5-6,12H,3-4,7-11H2/t12-/m0/s1. The molecule has 108 valence electrons. The smallest absolute Gasteiger partial charge is 0.320 e. The third-order valence-corrected chi connectivity index (χ3v) is 4.81. The highest BCUT2D eigenvalue weighted by atomic mass is 127. The Morgan fingerprint density at radius 1 is 1.15 bits per heavy atom. The minimum Gasteiger partial charge on any atom is -0.487 e. The molecule has 4 nitrogen and oxygen atoms in total. The molecule has 2 fully saturated rings. The monoisotopic (exact) mass is 386 g/mol. The molecule has 0 spiro atoms. The lowest BCUT2D eigenvalue weighted by Crippen LogP contribution is -2.41. The summed E-state index contributed by atoms with van der Waals surface area (Å²) in [5, 5.41) is 0. The van der Waals surface area contributed by atoms with Crippen LogP contribution in [0.3, 0.4) is 0 Å². The summed E-state index contributed by atoms with van der Waals surface area (Å²) in [6.45, 7) is 3.35. The van der Waals surface area contributed by atoms with Crippen molar-refractivity contribution in [1.29, 1.82) is 0 Å². The zero-order chi connectivity index (χ0) is 13.9. The molecule has 3 rings (SSSR count). The van der Waals surface area contributed by atoms with Crippen molar-refractivity contribution in [2.45, 2.75) is 25.4 Å².